The van der Waals surface area contributed by atoms with Crippen molar-refractivity contribution in [2.24, 2.45) is 0 Å². The molecule has 3 aromatic rings. The Balaban J connectivity index is 2.27. The molecule has 0 atom stereocenters. The summed E-state index contributed by atoms with van der Waals surface area (Å²) in [6.07, 6.45) is 1.94. The van der Waals surface area contributed by atoms with Gasteiger partial charge in [0.25, 0.3) is 0 Å². The summed E-state index contributed by atoms with van der Waals surface area (Å²) >= 11 is 6.17. The van der Waals surface area contributed by atoms with Crippen LogP contribution in [-0.4, -0.2) is 10.8 Å². The fourth-order valence-electron chi connectivity index (χ4n) is 2.70. The second-order valence-electron chi connectivity index (χ2n) is 4.42. The van der Waals surface area contributed by atoms with E-state index in [-0.39, 0.29) is 5.78 Å². The number of aromatic amines is 1. The first-order valence-electron chi connectivity index (χ1n) is 5.71. The Hall–Kier alpha value is -2.06. The molecule has 3 heteroatoms. The largest absolute Gasteiger partial charge is 0.361 e. The van der Waals surface area contributed by atoms with Gasteiger partial charge in [0.05, 0.1) is 5.02 Å². The predicted molar refractivity (Wildman–Crippen MR) is 72.2 cm³/mol. The first-order valence-corrected chi connectivity index (χ1v) is 6.09. The number of rotatable bonds is 0. The standard InChI is InChI=1S/C15H8ClNO/c16-11-5-1-3-8-10-7-17-12-6-2-4-9(13(10)12)15(18)14(8)11/h1-7,17H. The van der Waals surface area contributed by atoms with Crippen LogP contribution in [0.2, 0.25) is 5.02 Å². The zero-order valence-corrected chi connectivity index (χ0v) is 10.1. The number of hydrogen-bond donors (Lipinski definition) is 1. The molecule has 0 aliphatic heterocycles. The van der Waals surface area contributed by atoms with Gasteiger partial charge >= 0.3 is 0 Å². The van der Waals surface area contributed by atoms with Crippen LogP contribution in [-0.2, 0) is 0 Å². The van der Waals surface area contributed by atoms with E-state index in [4.69, 9.17) is 11.6 Å². The summed E-state index contributed by atoms with van der Waals surface area (Å²) in [7, 11) is 0. The summed E-state index contributed by atoms with van der Waals surface area (Å²) in [5.41, 5.74) is 4.29. The van der Waals surface area contributed by atoms with Crippen LogP contribution in [0.15, 0.2) is 42.6 Å². The Morgan fingerprint density at radius 2 is 1.72 bits per heavy atom. The smallest absolute Gasteiger partial charge is 0.195 e. The van der Waals surface area contributed by atoms with Crippen LogP contribution in [0.5, 0.6) is 0 Å². The van der Waals surface area contributed by atoms with Crippen LogP contribution in [0.3, 0.4) is 0 Å². The number of hydrogen-bond acceptors (Lipinski definition) is 1. The van der Waals surface area contributed by atoms with E-state index in [1.165, 1.54) is 0 Å². The van der Waals surface area contributed by atoms with Crippen molar-refractivity contribution in [3.63, 3.8) is 0 Å². The third-order valence-electron chi connectivity index (χ3n) is 3.48. The van der Waals surface area contributed by atoms with E-state index in [0.29, 0.717) is 10.6 Å². The molecule has 4 rings (SSSR count). The van der Waals surface area contributed by atoms with Crippen molar-refractivity contribution in [1.29, 1.82) is 0 Å². The highest BCUT2D eigenvalue weighted by Crippen LogP contribution is 2.41. The van der Waals surface area contributed by atoms with Crippen molar-refractivity contribution in [3.8, 4) is 11.1 Å². The third-order valence-corrected chi connectivity index (χ3v) is 3.80. The van der Waals surface area contributed by atoms with E-state index in [9.17, 15) is 4.79 Å². The van der Waals surface area contributed by atoms with Gasteiger partial charge in [-0.05, 0) is 17.7 Å². The van der Waals surface area contributed by atoms with Crippen molar-refractivity contribution in [2.45, 2.75) is 0 Å². The van der Waals surface area contributed by atoms with Gasteiger partial charge in [-0.15, -0.1) is 0 Å². The first-order chi connectivity index (χ1) is 8.77. The quantitative estimate of drug-likeness (QED) is 0.504. The lowest BCUT2D eigenvalue weighted by Crippen LogP contribution is -2.09. The predicted octanol–water partition coefficient (Wildman–Crippen LogP) is 4.03. The minimum absolute atomic E-state index is 0.00769. The number of benzene rings is 2. The van der Waals surface area contributed by atoms with E-state index >= 15 is 0 Å². The lowest BCUT2D eigenvalue weighted by molar-refractivity contribution is 0.104. The molecule has 0 radical (unpaired) electrons. The average Bonchev–Trinajstić information content (AvgIpc) is 2.80. The number of H-pyrrole nitrogens is 1. The average molecular weight is 254 g/mol. The van der Waals surface area contributed by atoms with Crippen LogP contribution in [0, 0.1) is 0 Å². The van der Waals surface area contributed by atoms with Crippen molar-refractivity contribution < 1.29 is 4.79 Å². The topological polar surface area (TPSA) is 32.9 Å². The summed E-state index contributed by atoms with van der Waals surface area (Å²) in [5.74, 6) is 0.00769. The van der Waals surface area contributed by atoms with E-state index in [0.717, 1.165) is 27.6 Å². The number of nitrogens with one attached hydrogen (secondary N) is 1. The fraction of sp³-hybridized carbons (Fsp3) is 0. The molecule has 86 valence electrons. The van der Waals surface area contributed by atoms with Gasteiger partial charge in [0, 0.05) is 33.8 Å². The first kappa shape index (κ1) is 9.92. The van der Waals surface area contributed by atoms with Crippen molar-refractivity contribution in [1.82, 2.24) is 4.98 Å². The van der Waals surface area contributed by atoms with Gasteiger partial charge in [-0.2, -0.15) is 0 Å². The Kier molecular flexibility index (Phi) is 1.78. The lowest BCUT2D eigenvalue weighted by Gasteiger charge is -2.16. The molecule has 1 aromatic heterocycles. The molecule has 0 bridgehead atoms. The molecule has 1 heterocycles. The summed E-state index contributed by atoms with van der Waals surface area (Å²) in [4.78, 5) is 15.7. The van der Waals surface area contributed by atoms with Gasteiger partial charge < -0.3 is 4.98 Å². The Morgan fingerprint density at radius 1 is 0.944 bits per heavy atom. The summed E-state index contributed by atoms with van der Waals surface area (Å²) < 4.78 is 0. The van der Waals surface area contributed by atoms with E-state index in [1.807, 2.05) is 36.5 Å². The monoisotopic (exact) mass is 253 g/mol. The zero-order valence-electron chi connectivity index (χ0n) is 9.33. The van der Waals surface area contributed by atoms with E-state index in [1.54, 1.807) is 6.07 Å². The Labute approximate surface area is 108 Å². The summed E-state index contributed by atoms with van der Waals surface area (Å²) in [6.45, 7) is 0. The van der Waals surface area contributed by atoms with Gasteiger partial charge in [0.1, 0.15) is 0 Å². The molecule has 0 fully saturated rings. The maximum absolute atomic E-state index is 12.5. The zero-order chi connectivity index (χ0) is 12.3. The van der Waals surface area contributed by atoms with Crippen molar-refractivity contribution >= 4 is 28.3 Å². The van der Waals surface area contributed by atoms with Crippen LogP contribution in [0.25, 0.3) is 22.0 Å². The molecule has 0 saturated carbocycles. The molecule has 0 unspecified atom stereocenters. The number of fused-ring (bicyclic) bond motifs is 2. The second kappa shape index (κ2) is 3.24. The second-order valence-corrected chi connectivity index (χ2v) is 4.83. The molecule has 1 aliphatic carbocycles. The van der Waals surface area contributed by atoms with Gasteiger partial charge in [0.2, 0.25) is 0 Å². The maximum Gasteiger partial charge on any atom is 0.195 e. The minimum atomic E-state index is 0.00769. The third kappa shape index (κ3) is 1.06. The van der Waals surface area contributed by atoms with Gasteiger partial charge in [-0.3, -0.25) is 4.79 Å². The molecular formula is C15H8ClNO. The van der Waals surface area contributed by atoms with Crippen molar-refractivity contribution in [2.75, 3.05) is 0 Å². The van der Waals surface area contributed by atoms with Crippen LogP contribution in [0.1, 0.15) is 15.9 Å². The highest BCUT2D eigenvalue weighted by molar-refractivity contribution is 6.38. The minimum Gasteiger partial charge on any atom is -0.361 e. The highest BCUT2D eigenvalue weighted by atomic mass is 35.5. The van der Waals surface area contributed by atoms with Crippen LogP contribution >= 0.6 is 11.6 Å². The molecule has 2 aromatic carbocycles. The number of aromatic nitrogens is 1. The normalized spacial score (nSPS) is 12.8. The fourth-order valence-corrected chi connectivity index (χ4v) is 2.96. The summed E-state index contributed by atoms with van der Waals surface area (Å²) in [6, 6.07) is 11.3. The molecule has 0 amide bonds. The SMILES string of the molecule is O=C1c2c(Cl)cccc2-c2c[nH]c3cccc1c23. The maximum atomic E-state index is 12.5. The highest BCUT2D eigenvalue weighted by Gasteiger charge is 2.27. The van der Waals surface area contributed by atoms with Crippen molar-refractivity contribution in [3.05, 3.63) is 58.7 Å². The lowest BCUT2D eigenvalue weighted by atomic mass is 9.86. The summed E-state index contributed by atoms with van der Waals surface area (Å²) in [5, 5.41) is 1.51. The molecule has 1 N–H and O–H groups in total. The van der Waals surface area contributed by atoms with Gasteiger partial charge in [0.15, 0.2) is 5.78 Å². The molecular weight excluding hydrogens is 246 g/mol. The molecule has 0 spiro atoms. The van der Waals surface area contributed by atoms with E-state index in [2.05, 4.69) is 4.98 Å². The Morgan fingerprint density at radius 3 is 2.61 bits per heavy atom. The number of carbonyl (C=O) groups is 1. The number of halogens is 1. The molecule has 2 nitrogen and oxygen atoms in total. The molecule has 1 aliphatic rings. The van der Waals surface area contributed by atoms with Gasteiger partial charge in [-0.1, -0.05) is 35.9 Å². The molecule has 18 heavy (non-hydrogen) atoms. The van der Waals surface area contributed by atoms with Gasteiger partial charge in [-0.25, -0.2) is 0 Å². The van der Waals surface area contributed by atoms with E-state index < -0.39 is 0 Å². The number of ketones is 1. The Bertz CT molecular complexity index is 816. The van der Waals surface area contributed by atoms with Crippen LogP contribution < -0.4 is 0 Å². The number of carbonyl (C=O) groups excluding carboxylic acids is 1. The van der Waals surface area contributed by atoms with Crippen LogP contribution in [0.4, 0.5) is 0 Å². The molecule has 0 saturated heterocycles.